The van der Waals surface area contributed by atoms with Crippen LogP contribution in [0.15, 0.2) is 29.1 Å². The Bertz CT molecular complexity index is 1040. The van der Waals surface area contributed by atoms with Crippen molar-refractivity contribution in [2.75, 3.05) is 57.6 Å². The number of aryl methyl sites for hydroxylation is 1. The molecule has 9 heteroatoms. The summed E-state index contributed by atoms with van der Waals surface area (Å²) < 4.78 is 16.6. The van der Waals surface area contributed by atoms with Crippen molar-refractivity contribution in [2.45, 2.75) is 44.9 Å². The largest absolute Gasteiger partial charge is 0.494 e. The van der Waals surface area contributed by atoms with E-state index >= 15 is 0 Å². The van der Waals surface area contributed by atoms with Crippen LogP contribution in [0.3, 0.4) is 0 Å². The molecule has 2 saturated heterocycles. The number of morpholine rings is 1. The first-order chi connectivity index (χ1) is 17.0. The van der Waals surface area contributed by atoms with E-state index in [1.165, 1.54) is 5.56 Å². The summed E-state index contributed by atoms with van der Waals surface area (Å²) in [5.74, 6) is 1.34. The van der Waals surface area contributed by atoms with Gasteiger partial charge in [0.2, 0.25) is 11.9 Å². The highest BCUT2D eigenvalue weighted by molar-refractivity contribution is 5.76. The Hall–Kier alpha value is -2.91. The molecule has 0 radical (unpaired) electrons. The minimum atomic E-state index is -0.179. The van der Waals surface area contributed by atoms with Crippen molar-refractivity contribution in [3.05, 3.63) is 51.4 Å². The van der Waals surface area contributed by atoms with E-state index in [0.717, 1.165) is 18.6 Å². The number of hydrogen-bond acceptors (Lipinski definition) is 7. The van der Waals surface area contributed by atoms with Gasteiger partial charge in [-0.2, -0.15) is 0 Å². The van der Waals surface area contributed by atoms with Gasteiger partial charge in [-0.05, 0) is 50.8 Å². The number of anilines is 1. The minimum absolute atomic E-state index is 0.0714. The third-order valence-electron chi connectivity index (χ3n) is 6.97. The summed E-state index contributed by atoms with van der Waals surface area (Å²) in [4.78, 5) is 35.0. The van der Waals surface area contributed by atoms with Crippen LogP contribution in [0.1, 0.15) is 43.0 Å². The molecule has 2 fully saturated rings. The SMILES string of the molecule is CCOc1ccc(C2(CNC(=O)CCc3c(C)nc(N4CCOCC4)[nH]c3=O)CCOCC2)cc1. The monoisotopic (exact) mass is 484 g/mol. The Labute approximate surface area is 206 Å². The minimum Gasteiger partial charge on any atom is -0.494 e. The molecule has 2 aliphatic heterocycles. The first kappa shape index (κ1) is 25.2. The number of hydrogen-bond donors (Lipinski definition) is 2. The topological polar surface area (TPSA) is 106 Å². The van der Waals surface area contributed by atoms with Crippen molar-refractivity contribution in [3.8, 4) is 5.75 Å². The fraction of sp³-hybridized carbons (Fsp3) is 0.577. The van der Waals surface area contributed by atoms with Crippen LogP contribution >= 0.6 is 0 Å². The average Bonchev–Trinajstić information content (AvgIpc) is 2.88. The molecule has 0 spiro atoms. The van der Waals surface area contributed by atoms with Crippen molar-refractivity contribution in [1.29, 1.82) is 0 Å². The predicted molar refractivity (Wildman–Crippen MR) is 133 cm³/mol. The zero-order valence-corrected chi connectivity index (χ0v) is 20.7. The second kappa shape index (κ2) is 11.7. The summed E-state index contributed by atoms with van der Waals surface area (Å²) in [5, 5.41) is 3.12. The molecular weight excluding hydrogens is 448 g/mol. The lowest BCUT2D eigenvalue weighted by Gasteiger charge is -2.38. The van der Waals surface area contributed by atoms with Gasteiger partial charge in [-0.1, -0.05) is 12.1 Å². The van der Waals surface area contributed by atoms with Gasteiger partial charge in [0.25, 0.3) is 5.56 Å². The van der Waals surface area contributed by atoms with Gasteiger partial charge in [-0.3, -0.25) is 14.6 Å². The van der Waals surface area contributed by atoms with Crippen LogP contribution in [0.4, 0.5) is 5.95 Å². The molecule has 2 aromatic rings. The van der Waals surface area contributed by atoms with Crippen LogP contribution in [0.25, 0.3) is 0 Å². The van der Waals surface area contributed by atoms with E-state index in [4.69, 9.17) is 14.2 Å². The quantitative estimate of drug-likeness (QED) is 0.562. The van der Waals surface area contributed by atoms with E-state index < -0.39 is 0 Å². The van der Waals surface area contributed by atoms with Crippen LogP contribution < -0.4 is 20.5 Å². The third-order valence-corrected chi connectivity index (χ3v) is 6.97. The summed E-state index contributed by atoms with van der Waals surface area (Å²) in [6, 6.07) is 8.15. The number of benzene rings is 1. The molecule has 3 heterocycles. The molecule has 1 aromatic carbocycles. The van der Waals surface area contributed by atoms with Gasteiger partial charge in [0.15, 0.2) is 0 Å². The lowest BCUT2D eigenvalue weighted by atomic mass is 9.74. The molecule has 35 heavy (non-hydrogen) atoms. The highest BCUT2D eigenvalue weighted by Crippen LogP contribution is 2.35. The van der Waals surface area contributed by atoms with E-state index in [1.54, 1.807) is 0 Å². The van der Waals surface area contributed by atoms with E-state index in [2.05, 4.69) is 27.4 Å². The smallest absolute Gasteiger partial charge is 0.255 e. The third kappa shape index (κ3) is 6.21. The van der Waals surface area contributed by atoms with Crippen LogP contribution in [0, 0.1) is 6.92 Å². The average molecular weight is 485 g/mol. The number of nitrogens with zero attached hydrogens (tertiary/aromatic N) is 2. The first-order valence-electron chi connectivity index (χ1n) is 12.5. The van der Waals surface area contributed by atoms with Gasteiger partial charge >= 0.3 is 0 Å². The van der Waals surface area contributed by atoms with Crippen LogP contribution in [0.5, 0.6) is 5.75 Å². The zero-order chi connectivity index (χ0) is 24.7. The Balaban J connectivity index is 1.37. The van der Waals surface area contributed by atoms with Crippen molar-refractivity contribution in [1.82, 2.24) is 15.3 Å². The van der Waals surface area contributed by atoms with E-state index in [1.807, 2.05) is 30.9 Å². The molecule has 2 aliphatic rings. The Kier molecular flexibility index (Phi) is 8.41. The summed E-state index contributed by atoms with van der Waals surface area (Å²) in [7, 11) is 0. The Morgan fingerprint density at radius 3 is 2.49 bits per heavy atom. The molecule has 2 N–H and O–H groups in total. The molecule has 9 nitrogen and oxygen atoms in total. The number of carbonyl (C=O) groups is 1. The normalized spacial score (nSPS) is 17.7. The predicted octanol–water partition coefficient (Wildman–Crippen LogP) is 2.11. The molecule has 0 unspecified atom stereocenters. The number of aromatic nitrogens is 2. The lowest BCUT2D eigenvalue weighted by molar-refractivity contribution is -0.121. The molecule has 1 amide bonds. The molecule has 0 saturated carbocycles. The fourth-order valence-electron chi connectivity index (χ4n) is 4.81. The standard InChI is InChI=1S/C26H36N4O5/c1-3-35-21-6-4-20(5-7-21)26(10-14-33-15-11-26)18-27-23(31)9-8-22-19(2)28-25(29-24(22)32)30-12-16-34-17-13-30/h4-7H,3,8-18H2,1-2H3,(H,27,31)(H,28,29,32). The Morgan fingerprint density at radius 1 is 1.14 bits per heavy atom. The van der Waals surface area contributed by atoms with Crippen molar-refractivity contribution >= 4 is 11.9 Å². The van der Waals surface area contributed by atoms with E-state index in [-0.39, 0.29) is 23.3 Å². The highest BCUT2D eigenvalue weighted by Gasteiger charge is 2.35. The van der Waals surface area contributed by atoms with Gasteiger partial charge in [0, 0.05) is 55.9 Å². The maximum atomic E-state index is 12.8. The second-order valence-corrected chi connectivity index (χ2v) is 9.18. The van der Waals surface area contributed by atoms with Crippen molar-refractivity contribution in [2.24, 2.45) is 0 Å². The number of carbonyl (C=O) groups excluding carboxylic acids is 1. The van der Waals surface area contributed by atoms with Gasteiger partial charge < -0.3 is 24.4 Å². The van der Waals surface area contributed by atoms with Crippen LogP contribution in [-0.4, -0.2) is 68.5 Å². The van der Waals surface area contributed by atoms with Crippen molar-refractivity contribution in [3.63, 3.8) is 0 Å². The number of nitrogens with one attached hydrogen (secondary N) is 2. The summed E-state index contributed by atoms with van der Waals surface area (Å²) in [5.41, 5.74) is 2.05. The number of ether oxygens (including phenoxy) is 3. The first-order valence-corrected chi connectivity index (χ1v) is 12.5. The molecule has 190 valence electrons. The van der Waals surface area contributed by atoms with Gasteiger partial charge in [-0.15, -0.1) is 0 Å². The number of rotatable bonds is 9. The zero-order valence-electron chi connectivity index (χ0n) is 20.7. The van der Waals surface area contributed by atoms with E-state index in [0.29, 0.717) is 76.3 Å². The Morgan fingerprint density at radius 2 is 1.83 bits per heavy atom. The number of H-pyrrole nitrogens is 1. The fourth-order valence-corrected chi connectivity index (χ4v) is 4.81. The van der Waals surface area contributed by atoms with Gasteiger partial charge in [0.05, 0.1) is 19.8 Å². The van der Waals surface area contributed by atoms with Gasteiger partial charge in [-0.25, -0.2) is 4.98 Å². The molecular formula is C26H36N4O5. The lowest BCUT2D eigenvalue weighted by Crippen LogP contribution is -2.44. The highest BCUT2D eigenvalue weighted by atomic mass is 16.5. The molecule has 4 rings (SSSR count). The number of amides is 1. The maximum absolute atomic E-state index is 12.8. The van der Waals surface area contributed by atoms with Crippen LogP contribution in [-0.2, 0) is 26.1 Å². The second-order valence-electron chi connectivity index (χ2n) is 9.18. The molecule has 0 aliphatic carbocycles. The molecule has 0 atom stereocenters. The van der Waals surface area contributed by atoms with Crippen LogP contribution in [0.2, 0.25) is 0 Å². The number of aromatic amines is 1. The summed E-state index contributed by atoms with van der Waals surface area (Å²) >= 11 is 0. The molecule has 0 bridgehead atoms. The summed E-state index contributed by atoms with van der Waals surface area (Å²) in [6.45, 7) is 8.93. The van der Waals surface area contributed by atoms with Gasteiger partial charge in [0.1, 0.15) is 5.75 Å². The molecule has 1 aromatic heterocycles. The van der Waals surface area contributed by atoms with E-state index in [9.17, 15) is 9.59 Å². The van der Waals surface area contributed by atoms with Crippen molar-refractivity contribution < 1.29 is 19.0 Å². The maximum Gasteiger partial charge on any atom is 0.255 e. The summed E-state index contributed by atoms with van der Waals surface area (Å²) in [6.07, 6.45) is 2.26.